The minimum absolute atomic E-state index is 0.0214. The third-order valence-electron chi connectivity index (χ3n) is 3.39. The predicted molar refractivity (Wildman–Crippen MR) is 94.0 cm³/mol. The van der Waals surface area contributed by atoms with Crippen LogP contribution in [0.4, 0.5) is 11.5 Å². The number of aromatic nitrogens is 2. The van der Waals surface area contributed by atoms with E-state index in [4.69, 9.17) is 5.73 Å². The first-order valence-electron chi connectivity index (χ1n) is 8.01. The zero-order valence-corrected chi connectivity index (χ0v) is 14.0. The molecule has 23 heavy (non-hydrogen) atoms. The summed E-state index contributed by atoms with van der Waals surface area (Å²) < 4.78 is 0. The van der Waals surface area contributed by atoms with Gasteiger partial charge in [-0.25, -0.2) is 9.97 Å². The van der Waals surface area contributed by atoms with Gasteiger partial charge in [0.2, 0.25) is 5.91 Å². The molecule has 2 aromatic rings. The highest BCUT2D eigenvalue weighted by molar-refractivity contribution is 5.90. The molecule has 1 amide bonds. The Balaban J connectivity index is 2.27. The summed E-state index contributed by atoms with van der Waals surface area (Å²) in [6, 6.07) is 7.53. The second-order valence-corrected chi connectivity index (χ2v) is 6.07. The van der Waals surface area contributed by atoms with Gasteiger partial charge in [-0.15, -0.1) is 0 Å². The lowest BCUT2D eigenvalue weighted by molar-refractivity contribution is -0.116. The number of hydrogen-bond acceptors (Lipinski definition) is 4. The molecule has 0 radical (unpaired) electrons. The minimum atomic E-state index is -0.0214. The Labute approximate surface area is 137 Å². The van der Waals surface area contributed by atoms with Gasteiger partial charge in [0, 0.05) is 17.7 Å². The van der Waals surface area contributed by atoms with Gasteiger partial charge in [0.25, 0.3) is 0 Å². The van der Waals surface area contributed by atoms with Crippen molar-refractivity contribution in [2.75, 3.05) is 11.1 Å². The Kier molecular flexibility index (Phi) is 5.68. The van der Waals surface area contributed by atoms with Gasteiger partial charge < -0.3 is 11.1 Å². The van der Waals surface area contributed by atoms with Crippen LogP contribution in [0.3, 0.4) is 0 Å². The Morgan fingerprint density at radius 2 is 1.96 bits per heavy atom. The summed E-state index contributed by atoms with van der Waals surface area (Å²) >= 11 is 0. The van der Waals surface area contributed by atoms with Crippen molar-refractivity contribution in [3.05, 3.63) is 36.2 Å². The normalized spacial score (nSPS) is 10.8. The molecule has 0 saturated heterocycles. The van der Waals surface area contributed by atoms with Crippen LogP contribution in [0.5, 0.6) is 0 Å². The second kappa shape index (κ2) is 7.72. The fourth-order valence-electron chi connectivity index (χ4n) is 2.29. The number of nitrogens with one attached hydrogen (secondary N) is 1. The van der Waals surface area contributed by atoms with E-state index in [1.54, 1.807) is 6.20 Å². The van der Waals surface area contributed by atoms with Gasteiger partial charge in [-0.1, -0.05) is 39.3 Å². The molecule has 0 aliphatic rings. The average Bonchev–Trinajstić information content (AvgIpc) is 2.49. The first kappa shape index (κ1) is 16.9. The van der Waals surface area contributed by atoms with Gasteiger partial charge in [0.05, 0.1) is 17.6 Å². The third-order valence-corrected chi connectivity index (χ3v) is 3.39. The molecular formula is C18H24N4O. The zero-order chi connectivity index (χ0) is 16.8. The molecule has 0 fully saturated rings. The van der Waals surface area contributed by atoms with Crippen LogP contribution in [0.1, 0.15) is 39.3 Å². The maximum Gasteiger partial charge on any atom is 0.225 e. The summed E-state index contributed by atoms with van der Waals surface area (Å²) in [7, 11) is 0. The van der Waals surface area contributed by atoms with Crippen LogP contribution in [0, 0.1) is 5.92 Å². The number of nitrogens with zero attached hydrogens (tertiary/aromatic N) is 2. The zero-order valence-electron chi connectivity index (χ0n) is 14.0. The Hall–Kier alpha value is -2.43. The van der Waals surface area contributed by atoms with Crippen molar-refractivity contribution in [1.29, 1.82) is 0 Å². The quantitative estimate of drug-likeness (QED) is 0.798. The number of carbonyl (C=O) groups excluding carboxylic acids is 1. The molecule has 1 heterocycles. The molecule has 0 aliphatic carbocycles. The van der Waals surface area contributed by atoms with Crippen LogP contribution < -0.4 is 11.1 Å². The number of benzene rings is 1. The van der Waals surface area contributed by atoms with E-state index in [2.05, 4.69) is 22.2 Å². The van der Waals surface area contributed by atoms with E-state index in [0.29, 0.717) is 23.8 Å². The van der Waals surface area contributed by atoms with Crippen LogP contribution in [0.15, 0.2) is 30.5 Å². The van der Waals surface area contributed by atoms with E-state index in [9.17, 15) is 4.79 Å². The number of anilines is 2. The summed E-state index contributed by atoms with van der Waals surface area (Å²) in [5.74, 6) is 0.857. The molecule has 1 aromatic carbocycles. The molecule has 5 nitrogen and oxygen atoms in total. The SMILES string of the molecule is CCCc1nc(-c2ccc(N)cc2)cnc1NC(=O)CC(C)C. The number of carbonyl (C=O) groups is 1. The monoisotopic (exact) mass is 312 g/mol. The molecule has 0 spiro atoms. The van der Waals surface area contributed by atoms with Crippen LogP contribution >= 0.6 is 0 Å². The smallest absolute Gasteiger partial charge is 0.225 e. The van der Waals surface area contributed by atoms with Gasteiger partial charge in [0.15, 0.2) is 5.82 Å². The fraction of sp³-hybridized carbons (Fsp3) is 0.389. The summed E-state index contributed by atoms with van der Waals surface area (Å²) in [5, 5.41) is 2.88. The maximum atomic E-state index is 12.0. The van der Waals surface area contributed by atoms with Crippen molar-refractivity contribution in [2.45, 2.75) is 40.0 Å². The molecule has 0 aliphatic heterocycles. The van der Waals surface area contributed by atoms with Crippen LogP contribution in [0.2, 0.25) is 0 Å². The second-order valence-electron chi connectivity index (χ2n) is 6.07. The van der Waals surface area contributed by atoms with Crippen molar-refractivity contribution in [3.8, 4) is 11.3 Å². The summed E-state index contributed by atoms with van der Waals surface area (Å²) in [5.41, 5.74) is 9.00. The first-order chi connectivity index (χ1) is 11.0. The standard InChI is InChI=1S/C18H24N4O/c1-4-5-15-18(22-17(23)10-12(2)3)20-11-16(21-15)13-6-8-14(19)9-7-13/h6-9,11-12H,4-5,10,19H2,1-3H3,(H,20,22,23). The topological polar surface area (TPSA) is 80.9 Å². The molecule has 0 saturated carbocycles. The molecule has 2 rings (SSSR count). The Morgan fingerprint density at radius 3 is 2.57 bits per heavy atom. The summed E-state index contributed by atoms with van der Waals surface area (Å²) in [4.78, 5) is 21.1. The van der Waals surface area contributed by atoms with E-state index < -0.39 is 0 Å². The minimum Gasteiger partial charge on any atom is -0.399 e. The van der Waals surface area contributed by atoms with E-state index in [-0.39, 0.29) is 5.91 Å². The highest BCUT2D eigenvalue weighted by atomic mass is 16.1. The number of amides is 1. The Bertz CT molecular complexity index is 665. The van der Waals surface area contributed by atoms with Gasteiger partial charge >= 0.3 is 0 Å². The van der Waals surface area contributed by atoms with E-state index >= 15 is 0 Å². The van der Waals surface area contributed by atoms with Crippen molar-refractivity contribution >= 4 is 17.4 Å². The number of hydrogen-bond donors (Lipinski definition) is 2. The lowest BCUT2D eigenvalue weighted by Crippen LogP contribution is -2.17. The largest absolute Gasteiger partial charge is 0.399 e. The molecular weight excluding hydrogens is 288 g/mol. The number of nitrogens with two attached hydrogens (primary N) is 1. The number of aryl methyl sites for hydroxylation is 1. The number of rotatable bonds is 6. The highest BCUT2D eigenvalue weighted by Gasteiger charge is 2.12. The van der Waals surface area contributed by atoms with Crippen molar-refractivity contribution in [3.63, 3.8) is 0 Å². The molecule has 5 heteroatoms. The Morgan fingerprint density at radius 1 is 1.26 bits per heavy atom. The van der Waals surface area contributed by atoms with Crippen molar-refractivity contribution < 1.29 is 4.79 Å². The van der Waals surface area contributed by atoms with Crippen molar-refractivity contribution in [1.82, 2.24) is 9.97 Å². The number of nitrogen functional groups attached to an aromatic ring is 1. The first-order valence-corrected chi connectivity index (χ1v) is 8.01. The lowest BCUT2D eigenvalue weighted by Gasteiger charge is -2.12. The van der Waals surface area contributed by atoms with Gasteiger partial charge in [-0.3, -0.25) is 4.79 Å². The molecule has 3 N–H and O–H groups in total. The van der Waals surface area contributed by atoms with Crippen LogP contribution in [0.25, 0.3) is 11.3 Å². The van der Waals surface area contributed by atoms with E-state index in [1.165, 1.54) is 0 Å². The fourth-order valence-corrected chi connectivity index (χ4v) is 2.29. The molecule has 122 valence electrons. The van der Waals surface area contributed by atoms with Crippen LogP contribution in [-0.2, 0) is 11.2 Å². The van der Waals surface area contributed by atoms with E-state index in [1.807, 2.05) is 38.1 Å². The van der Waals surface area contributed by atoms with Gasteiger partial charge in [-0.05, 0) is 24.5 Å². The van der Waals surface area contributed by atoms with Gasteiger partial charge in [0.1, 0.15) is 0 Å². The van der Waals surface area contributed by atoms with Gasteiger partial charge in [-0.2, -0.15) is 0 Å². The molecule has 1 aromatic heterocycles. The molecule has 0 unspecified atom stereocenters. The van der Waals surface area contributed by atoms with Crippen molar-refractivity contribution in [2.24, 2.45) is 5.92 Å². The van der Waals surface area contributed by atoms with E-state index in [0.717, 1.165) is 29.8 Å². The lowest BCUT2D eigenvalue weighted by atomic mass is 10.1. The average molecular weight is 312 g/mol. The molecule has 0 bridgehead atoms. The summed E-state index contributed by atoms with van der Waals surface area (Å²) in [6.45, 7) is 6.11. The summed E-state index contributed by atoms with van der Waals surface area (Å²) in [6.07, 6.45) is 3.88. The predicted octanol–water partition coefficient (Wildman–Crippen LogP) is 3.66. The third kappa shape index (κ3) is 4.77. The maximum absolute atomic E-state index is 12.0. The highest BCUT2D eigenvalue weighted by Crippen LogP contribution is 2.22. The van der Waals surface area contributed by atoms with Crippen LogP contribution in [-0.4, -0.2) is 15.9 Å². The molecule has 0 atom stereocenters.